The van der Waals surface area contributed by atoms with Crippen molar-refractivity contribution in [3.05, 3.63) is 23.8 Å². The summed E-state index contributed by atoms with van der Waals surface area (Å²) in [6.45, 7) is 3.65. The van der Waals surface area contributed by atoms with Crippen LogP contribution >= 0.6 is 0 Å². The molecule has 8 heteroatoms. The Labute approximate surface area is 162 Å². The number of benzene rings is 1. The Balaban J connectivity index is 1.84. The van der Waals surface area contributed by atoms with E-state index in [1.165, 1.54) is 4.31 Å². The van der Waals surface area contributed by atoms with E-state index in [4.69, 9.17) is 9.47 Å². The van der Waals surface area contributed by atoms with Crippen molar-refractivity contribution in [2.45, 2.75) is 32.6 Å². The first-order valence-electron chi connectivity index (χ1n) is 9.37. The van der Waals surface area contributed by atoms with E-state index in [2.05, 4.69) is 0 Å². The summed E-state index contributed by atoms with van der Waals surface area (Å²) in [6, 6.07) is 5.63. The minimum atomic E-state index is -3.19. The zero-order valence-electron chi connectivity index (χ0n) is 16.4. The van der Waals surface area contributed by atoms with E-state index in [0.717, 1.165) is 12.0 Å². The third kappa shape index (κ3) is 5.84. The Morgan fingerprint density at radius 3 is 2.33 bits per heavy atom. The Morgan fingerprint density at radius 2 is 1.74 bits per heavy atom. The van der Waals surface area contributed by atoms with Crippen molar-refractivity contribution in [2.24, 2.45) is 0 Å². The average molecular weight is 399 g/mol. The molecule has 0 aromatic heterocycles. The fraction of sp³-hybridized carbons (Fsp3) is 0.632. The van der Waals surface area contributed by atoms with E-state index in [-0.39, 0.29) is 11.7 Å². The van der Waals surface area contributed by atoms with Crippen LogP contribution in [0.15, 0.2) is 18.2 Å². The molecular weight excluding hydrogens is 368 g/mol. The molecule has 1 amide bonds. The van der Waals surface area contributed by atoms with Gasteiger partial charge in [0.15, 0.2) is 11.5 Å². The number of carbonyl (C=O) groups is 1. The number of piperazine rings is 1. The van der Waals surface area contributed by atoms with E-state index in [0.29, 0.717) is 56.9 Å². The molecule has 0 atom stereocenters. The molecule has 1 fully saturated rings. The quantitative estimate of drug-likeness (QED) is 0.635. The smallest absolute Gasteiger partial charge is 0.222 e. The molecule has 0 spiro atoms. The Morgan fingerprint density at radius 1 is 1.07 bits per heavy atom. The molecule has 1 saturated heterocycles. The predicted molar refractivity (Wildman–Crippen MR) is 105 cm³/mol. The van der Waals surface area contributed by atoms with Gasteiger partial charge >= 0.3 is 0 Å². The number of nitrogens with zero attached hydrogens (tertiary/aromatic N) is 2. The molecule has 1 aliphatic heterocycles. The number of sulfonamides is 1. The van der Waals surface area contributed by atoms with Gasteiger partial charge in [-0.2, -0.15) is 4.31 Å². The Bertz CT molecular complexity index is 728. The van der Waals surface area contributed by atoms with E-state index in [1.54, 1.807) is 19.1 Å². The summed E-state index contributed by atoms with van der Waals surface area (Å²) in [5, 5.41) is 0. The van der Waals surface area contributed by atoms with Gasteiger partial charge in [-0.3, -0.25) is 4.79 Å². The van der Waals surface area contributed by atoms with Crippen LogP contribution in [0.5, 0.6) is 11.5 Å². The number of aryl methyl sites for hydroxylation is 1. The van der Waals surface area contributed by atoms with Crippen LogP contribution < -0.4 is 9.47 Å². The van der Waals surface area contributed by atoms with Gasteiger partial charge in [0, 0.05) is 32.6 Å². The summed E-state index contributed by atoms with van der Waals surface area (Å²) in [5.74, 6) is 1.55. The maximum absolute atomic E-state index is 12.5. The zero-order chi connectivity index (χ0) is 19.9. The fourth-order valence-corrected chi connectivity index (χ4v) is 4.75. The van der Waals surface area contributed by atoms with Crippen LogP contribution in [0.2, 0.25) is 0 Å². The number of hydrogen-bond acceptors (Lipinski definition) is 5. The number of rotatable bonds is 9. The number of ether oxygens (including phenoxy) is 2. The normalized spacial score (nSPS) is 15.6. The fourth-order valence-electron chi connectivity index (χ4n) is 3.12. The maximum Gasteiger partial charge on any atom is 0.222 e. The molecular formula is C19H30N2O5S. The molecule has 0 unspecified atom stereocenters. The molecule has 0 N–H and O–H groups in total. The first kappa shape index (κ1) is 21.5. The average Bonchev–Trinajstić information content (AvgIpc) is 2.70. The van der Waals surface area contributed by atoms with Crippen LogP contribution in [0.1, 0.15) is 31.7 Å². The summed E-state index contributed by atoms with van der Waals surface area (Å²) in [4.78, 5) is 14.2. The lowest BCUT2D eigenvalue weighted by atomic mass is 10.1. The maximum atomic E-state index is 12.5. The number of hydrogen-bond donors (Lipinski definition) is 0. The van der Waals surface area contributed by atoms with Crippen LogP contribution in [0.3, 0.4) is 0 Å². The molecule has 1 aromatic rings. The molecule has 0 radical (unpaired) electrons. The van der Waals surface area contributed by atoms with Crippen LogP contribution in [0.4, 0.5) is 0 Å². The Kier molecular flexibility index (Phi) is 7.91. The molecule has 27 heavy (non-hydrogen) atoms. The minimum absolute atomic E-state index is 0.0513. The summed E-state index contributed by atoms with van der Waals surface area (Å²) in [7, 11) is -0.0240. The van der Waals surface area contributed by atoms with Crippen LogP contribution in [-0.4, -0.2) is 69.7 Å². The highest BCUT2D eigenvalue weighted by Crippen LogP contribution is 2.28. The van der Waals surface area contributed by atoms with Gasteiger partial charge < -0.3 is 14.4 Å². The predicted octanol–water partition coefficient (Wildman–Crippen LogP) is 1.91. The van der Waals surface area contributed by atoms with Gasteiger partial charge in [0.25, 0.3) is 0 Å². The van der Waals surface area contributed by atoms with Gasteiger partial charge in [0.2, 0.25) is 15.9 Å². The van der Waals surface area contributed by atoms with E-state index < -0.39 is 10.0 Å². The van der Waals surface area contributed by atoms with Crippen LogP contribution in [-0.2, 0) is 21.2 Å². The monoisotopic (exact) mass is 398 g/mol. The highest BCUT2D eigenvalue weighted by molar-refractivity contribution is 7.89. The first-order chi connectivity index (χ1) is 12.9. The van der Waals surface area contributed by atoms with Crippen molar-refractivity contribution >= 4 is 15.9 Å². The molecule has 1 heterocycles. The number of amides is 1. The van der Waals surface area contributed by atoms with Crippen molar-refractivity contribution in [2.75, 3.05) is 46.2 Å². The number of methoxy groups -OCH3 is 2. The third-order valence-corrected chi connectivity index (χ3v) is 6.77. The summed E-state index contributed by atoms with van der Waals surface area (Å²) >= 11 is 0. The molecule has 2 rings (SSSR count). The second-order valence-electron chi connectivity index (χ2n) is 6.64. The van der Waals surface area contributed by atoms with Crippen molar-refractivity contribution < 1.29 is 22.7 Å². The van der Waals surface area contributed by atoms with Gasteiger partial charge in [-0.25, -0.2) is 8.42 Å². The number of unbranched alkanes of at least 4 members (excludes halogenated alkanes) is 1. The molecule has 0 bridgehead atoms. The van der Waals surface area contributed by atoms with Crippen molar-refractivity contribution in [3.63, 3.8) is 0 Å². The van der Waals surface area contributed by atoms with E-state index in [1.807, 2.05) is 25.1 Å². The molecule has 0 saturated carbocycles. The lowest BCUT2D eigenvalue weighted by Gasteiger charge is -2.34. The van der Waals surface area contributed by atoms with Crippen molar-refractivity contribution in [3.8, 4) is 11.5 Å². The molecule has 7 nitrogen and oxygen atoms in total. The highest BCUT2D eigenvalue weighted by Gasteiger charge is 2.28. The van der Waals surface area contributed by atoms with Gasteiger partial charge in [0.05, 0.1) is 20.0 Å². The molecule has 1 aliphatic rings. The summed E-state index contributed by atoms with van der Waals surface area (Å²) in [5.41, 5.74) is 1.00. The van der Waals surface area contributed by atoms with E-state index >= 15 is 0 Å². The second kappa shape index (κ2) is 9.94. The summed E-state index contributed by atoms with van der Waals surface area (Å²) in [6.07, 6.45) is 2.52. The van der Waals surface area contributed by atoms with Gasteiger partial charge in [-0.1, -0.05) is 19.4 Å². The number of carbonyl (C=O) groups excluding carboxylic acids is 1. The van der Waals surface area contributed by atoms with Crippen LogP contribution in [0, 0.1) is 0 Å². The van der Waals surface area contributed by atoms with E-state index in [9.17, 15) is 13.2 Å². The zero-order valence-corrected chi connectivity index (χ0v) is 17.3. The second-order valence-corrected chi connectivity index (χ2v) is 8.73. The molecule has 1 aromatic carbocycles. The highest BCUT2D eigenvalue weighted by atomic mass is 32.2. The third-order valence-electron chi connectivity index (χ3n) is 4.82. The van der Waals surface area contributed by atoms with Gasteiger partial charge in [0.1, 0.15) is 0 Å². The van der Waals surface area contributed by atoms with Crippen LogP contribution in [0.25, 0.3) is 0 Å². The van der Waals surface area contributed by atoms with Gasteiger partial charge in [-0.15, -0.1) is 0 Å². The first-order valence-corrected chi connectivity index (χ1v) is 11.0. The minimum Gasteiger partial charge on any atom is -0.493 e. The SMILES string of the molecule is CCCCS(=O)(=O)N1CCN(C(=O)CCc2ccc(OC)c(OC)c2)CC1. The summed E-state index contributed by atoms with van der Waals surface area (Å²) < 4.78 is 36.5. The lowest BCUT2D eigenvalue weighted by Crippen LogP contribution is -2.51. The van der Waals surface area contributed by atoms with Gasteiger partial charge in [-0.05, 0) is 30.5 Å². The molecule has 152 valence electrons. The Hall–Kier alpha value is -1.80. The lowest BCUT2D eigenvalue weighted by molar-refractivity contribution is -0.132. The standard InChI is InChI=1S/C19H30N2O5S/c1-4-5-14-27(23,24)21-12-10-20(11-13-21)19(22)9-7-16-6-8-17(25-2)18(15-16)26-3/h6,8,15H,4-5,7,9-14H2,1-3H3. The molecule has 0 aliphatic carbocycles. The largest absolute Gasteiger partial charge is 0.493 e. The van der Waals surface area contributed by atoms with Crippen molar-refractivity contribution in [1.29, 1.82) is 0 Å². The topological polar surface area (TPSA) is 76.2 Å². The van der Waals surface area contributed by atoms with Crippen molar-refractivity contribution in [1.82, 2.24) is 9.21 Å².